The van der Waals surface area contributed by atoms with E-state index in [1.165, 1.54) is 4.88 Å². The molecule has 3 rings (SSSR count). The van der Waals surface area contributed by atoms with Crippen molar-refractivity contribution in [3.05, 3.63) is 47.7 Å². The van der Waals surface area contributed by atoms with E-state index in [2.05, 4.69) is 17.1 Å². The number of nitrogens with two attached hydrogens (primary N) is 1. The highest BCUT2D eigenvalue weighted by atomic mass is 32.1. The molecule has 0 bridgehead atoms. The Morgan fingerprint density at radius 1 is 1.25 bits per heavy atom. The average molecular weight is 284 g/mol. The Morgan fingerprint density at radius 3 is 2.70 bits per heavy atom. The van der Waals surface area contributed by atoms with Crippen molar-refractivity contribution in [3.8, 4) is 22.0 Å². The van der Waals surface area contributed by atoms with Crippen molar-refractivity contribution in [2.24, 2.45) is 12.8 Å². The Balaban J connectivity index is 2.10. The zero-order valence-electron chi connectivity index (χ0n) is 11.3. The summed E-state index contributed by atoms with van der Waals surface area (Å²) in [7, 11) is 1.98. The third-order valence-electron chi connectivity index (χ3n) is 3.15. The number of nitrogens with zero attached hydrogens (tertiary/aromatic N) is 3. The first kappa shape index (κ1) is 13.0. The molecule has 5 heteroatoms. The fraction of sp³-hybridized carbons (Fsp3) is 0.200. The van der Waals surface area contributed by atoms with Crippen molar-refractivity contribution in [1.29, 1.82) is 0 Å². The van der Waals surface area contributed by atoms with Crippen LogP contribution in [-0.4, -0.2) is 21.1 Å². The summed E-state index contributed by atoms with van der Waals surface area (Å²) in [6.07, 6.45) is 4.49. The van der Waals surface area contributed by atoms with Gasteiger partial charge in [0.05, 0.1) is 23.9 Å². The van der Waals surface area contributed by atoms with Gasteiger partial charge in [-0.1, -0.05) is 30.3 Å². The number of aryl methyl sites for hydroxylation is 1. The maximum Gasteiger partial charge on any atom is 0.142 e. The van der Waals surface area contributed by atoms with Gasteiger partial charge in [-0.15, -0.1) is 11.3 Å². The lowest BCUT2D eigenvalue weighted by Crippen LogP contribution is -2.02. The summed E-state index contributed by atoms with van der Waals surface area (Å²) >= 11 is 1.70. The highest BCUT2D eigenvalue weighted by Crippen LogP contribution is 2.33. The molecule has 4 nitrogen and oxygen atoms in total. The average Bonchev–Trinajstić information content (AvgIpc) is 3.06. The van der Waals surface area contributed by atoms with Gasteiger partial charge in [0.15, 0.2) is 0 Å². The summed E-state index contributed by atoms with van der Waals surface area (Å²) in [5.74, 6) is 0. The molecule has 0 aliphatic carbocycles. The number of aromatic nitrogens is 3. The molecule has 0 aliphatic rings. The first-order valence-electron chi connectivity index (χ1n) is 6.51. The topological polar surface area (TPSA) is 56.7 Å². The van der Waals surface area contributed by atoms with Gasteiger partial charge in [0, 0.05) is 17.5 Å². The van der Waals surface area contributed by atoms with E-state index < -0.39 is 0 Å². The molecular formula is C15H16N4S. The number of thiazole rings is 1. The van der Waals surface area contributed by atoms with Crippen LogP contribution in [0.3, 0.4) is 0 Å². The van der Waals surface area contributed by atoms with Crippen LogP contribution in [0.1, 0.15) is 4.88 Å². The summed E-state index contributed by atoms with van der Waals surface area (Å²) in [5.41, 5.74) is 8.94. The summed E-state index contributed by atoms with van der Waals surface area (Å²) in [6, 6.07) is 10.2. The van der Waals surface area contributed by atoms with Crippen LogP contribution < -0.4 is 5.73 Å². The quantitative estimate of drug-likeness (QED) is 0.801. The summed E-state index contributed by atoms with van der Waals surface area (Å²) < 4.78 is 1.99. The molecule has 102 valence electrons. The summed E-state index contributed by atoms with van der Waals surface area (Å²) in [6.45, 7) is 0.632. The maximum absolute atomic E-state index is 5.73. The van der Waals surface area contributed by atoms with Crippen molar-refractivity contribution in [3.63, 3.8) is 0 Å². The zero-order chi connectivity index (χ0) is 13.9. The van der Waals surface area contributed by atoms with Crippen LogP contribution in [0.15, 0.2) is 42.9 Å². The molecule has 0 unspecified atom stereocenters. The van der Waals surface area contributed by atoms with E-state index in [1.54, 1.807) is 17.7 Å². The summed E-state index contributed by atoms with van der Waals surface area (Å²) in [4.78, 5) is 10.2. The lowest BCUT2D eigenvalue weighted by atomic mass is 10.1. The van der Waals surface area contributed by atoms with Crippen molar-refractivity contribution < 1.29 is 0 Å². The van der Waals surface area contributed by atoms with Gasteiger partial charge in [0.2, 0.25) is 0 Å². The minimum Gasteiger partial charge on any atom is -0.332 e. The van der Waals surface area contributed by atoms with Crippen LogP contribution in [0.5, 0.6) is 0 Å². The highest BCUT2D eigenvalue weighted by Gasteiger charge is 2.15. The monoisotopic (exact) mass is 284 g/mol. The first-order chi connectivity index (χ1) is 9.79. The molecule has 0 spiro atoms. The van der Waals surface area contributed by atoms with Gasteiger partial charge in [-0.25, -0.2) is 9.97 Å². The molecular weight excluding hydrogens is 268 g/mol. The predicted octanol–water partition coefficient (Wildman–Crippen LogP) is 2.71. The van der Waals surface area contributed by atoms with E-state index in [0.717, 1.165) is 28.4 Å². The standard InChI is InChI=1S/C15H16N4S/c1-19-10-17-9-12(19)15-18-14(13(20-15)7-8-16)11-5-3-2-4-6-11/h2-6,9-10H,7-8,16H2,1H3. The highest BCUT2D eigenvalue weighted by molar-refractivity contribution is 7.15. The van der Waals surface area contributed by atoms with Gasteiger partial charge in [0.1, 0.15) is 5.01 Å². The lowest BCUT2D eigenvalue weighted by molar-refractivity contribution is 0.920. The molecule has 0 radical (unpaired) electrons. The van der Waals surface area contributed by atoms with Crippen LogP contribution in [0.25, 0.3) is 22.0 Å². The number of hydrogen-bond donors (Lipinski definition) is 1. The molecule has 0 atom stereocenters. The van der Waals surface area contributed by atoms with Crippen molar-refractivity contribution in [2.45, 2.75) is 6.42 Å². The molecule has 0 aliphatic heterocycles. The van der Waals surface area contributed by atoms with Crippen molar-refractivity contribution in [2.75, 3.05) is 6.54 Å². The van der Waals surface area contributed by atoms with Crippen LogP contribution in [0.2, 0.25) is 0 Å². The number of hydrogen-bond acceptors (Lipinski definition) is 4. The molecule has 0 saturated heterocycles. The van der Waals surface area contributed by atoms with Crippen LogP contribution in [0, 0.1) is 0 Å². The van der Waals surface area contributed by atoms with Gasteiger partial charge in [-0.05, 0) is 13.0 Å². The van der Waals surface area contributed by atoms with Gasteiger partial charge < -0.3 is 10.3 Å². The largest absolute Gasteiger partial charge is 0.332 e. The zero-order valence-corrected chi connectivity index (χ0v) is 12.1. The molecule has 0 saturated carbocycles. The number of rotatable bonds is 4. The minimum atomic E-state index is 0.632. The Bertz CT molecular complexity index is 700. The summed E-state index contributed by atoms with van der Waals surface area (Å²) in [5, 5.41) is 0.993. The fourth-order valence-corrected chi connectivity index (χ4v) is 3.30. The number of imidazole rings is 1. The molecule has 2 N–H and O–H groups in total. The predicted molar refractivity (Wildman–Crippen MR) is 82.5 cm³/mol. The molecule has 20 heavy (non-hydrogen) atoms. The Morgan fingerprint density at radius 2 is 2.05 bits per heavy atom. The molecule has 3 aromatic rings. The smallest absolute Gasteiger partial charge is 0.142 e. The van der Waals surface area contributed by atoms with E-state index >= 15 is 0 Å². The van der Waals surface area contributed by atoms with Gasteiger partial charge >= 0.3 is 0 Å². The van der Waals surface area contributed by atoms with E-state index in [4.69, 9.17) is 10.7 Å². The van der Waals surface area contributed by atoms with Crippen molar-refractivity contribution in [1.82, 2.24) is 14.5 Å². The Labute approximate surface area is 121 Å². The SMILES string of the molecule is Cn1cncc1-c1nc(-c2ccccc2)c(CCN)s1. The molecule has 0 fully saturated rings. The Kier molecular flexibility index (Phi) is 3.62. The minimum absolute atomic E-state index is 0.632. The molecule has 0 amide bonds. The van der Waals surface area contributed by atoms with E-state index in [-0.39, 0.29) is 0 Å². The van der Waals surface area contributed by atoms with Gasteiger partial charge in [-0.2, -0.15) is 0 Å². The fourth-order valence-electron chi connectivity index (χ4n) is 2.15. The van der Waals surface area contributed by atoms with E-state index in [1.807, 2.05) is 36.0 Å². The van der Waals surface area contributed by atoms with Crippen LogP contribution in [-0.2, 0) is 13.5 Å². The Hall–Kier alpha value is -1.98. The molecule has 2 heterocycles. The van der Waals surface area contributed by atoms with Crippen molar-refractivity contribution >= 4 is 11.3 Å². The van der Waals surface area contributed by atoms with Crippen LogP contribution in [0.4, 0.5) is 0 Å². The molecule has 2 aromatic heterocycles. The van der Waals surface area contributed by atoms with Gasteiger partial charge in [0.25, 0.3) is 0 Å². The second-order valence-electron chi connectivity index (χ2n) is 4.59. The maximum atomic E-state index is 5.73. The molecule has 1 aromatic carbocycles. The van der Waals surface area contributed by atoms with Crippen LogP contribution >= 0.6 is 11.3 Å². The number of benzene rings is 1. The normalized spacial score (nSPS) is 10.9. The first-order valence-corrected chi connectivity index (χ1v) is 7.33. The van der Waals surface area contributed by atoms with E-state index in [9.17, 15) is 0 Å². The second-order valence-corrected chi connectivity index (χ2v) is 5.67. The van der Waals surface area contributed by atoms with E-state index in [0.29, 0.717) is 6.54 Å². The van der Waals surface area contributed by atoms with Gasteiger partial charge in [-0.3, -0.25) is 0 Å². The third kappa shape index (κ3) is 2.37. The second kappa shape index (κ2) is 5.56. The third-order valence-corrected chi connectivity index (χ3v) is 4.29. The lowest BCUT2D eigenvalue weighted by Gasteiger charge is -2.00.